The van der Waals surface area contributed by atoms with Crippen LogP contribution in [0.4, 0.5) is 5.69 Å². The largest absolute Gasteiger partial charge is 0.497 e. The summed E-state index contributed by atoms with van der Waals surface area (Å²) in [5.41, 5.74) is 5.29. The zero-order valence-electron chi connectivity index (χ0n) is 17.8. The van der Waals surface area contributed by atoms with Crippen LogP contribution in [0.2, 0.25) is 0 Å². The Kier molecular flexibility index (Phi) is 5.85. The van der Waals surface area contributed by atoms with E-state index in [-0.39, 0.29) is 11.6 Å². The molecule has 3 aromatic carbocycles. The standard InChI is InChI=1S/C26H24N2O3/c1-18-9-10-21(15-19(18)2)25-16-24(27-31-25)26(29)28(17-20-7-5-4-6-8-20)22-11-13-23(30-3)14-12-22/h4-16H,17H2,1-3H3. The highest BCUT2D eigenvalue weighted by atomic mass is 16.5. The molecule has 0 bridgehead atoms. The van der Waals surface area contributed by atoms with E-state index in [9.17, 15) is 4.79 Å². The maximum absolute atomic E-state index is 13.4. The maximum Gasteiger partial charge on any atom is 0.280 e. The predicted molar refractivity (Wildman–Crippen MR) is 121 cm³/mol. The van der Waals surface area contributed by atoms with Gasteiger partial charge in [0.2, 0.25) is 0 Å². The molecule has 0 saturated carbocycles. The van der Waals surface area contributed by atoms with Crippen LogP contribution in [0.15, 0.2) is 83.4 Å². The van der Waals surface area contributed by atoms with Crippen molar-refractivity contribution in [2.24, 2.45) is 0 Å². The third-order valence-electron chi connectivity index (χ3n) is 5.33. The lowest BCUT2D eigenvalue weighted by molar-refractivity contribution is 0.0976. The number of methoxy groups -OCH3 is 1. The van der Waals surface area contributed by atoms with Gasteiger partial charge in [-0.15, -0.1) is 0 Å². The van der Waals surface area contributed by atoms with E-state index in [1.54, 1.807) is 18.1 Å². The zero-order valence-corrected chi connectivity index (χ0v) is 17.8. The van der Waals surface area contributed by atoms with E-state index in [1.165, 1.54) is 5.56 Å². The topological polar surface area (TPSA) is 55.6 Å². The van der Waals surface area contributed by atoms with Crippen LogP contribution in [0.3, 0.4) is 0 Å². The lowest BCUT2D eigenvalue weighted by Crippen LogP contribution is -2.30. The Labute approximate surface area is 181 Å². The van der Waals surface area contributed by atoms with Crippen LogP contribution >= 0.6 is 0 Å². The van der Waals surface area contributed by atoms with Crippen molar-refractivity contribution in [2.75, 3.05) is 12.0 Å². The number of ether oxygens (including phenoxy) is 1. The van der Waals surface area contributed by atoms with Crippen molar-refractivity contribution in [3.05, 3.63) is 101 Å². The van der Waals surface area contributed by atoms with Gasteiger partial charge in [-0.3, -0.25) is 4.79 Å². The summed E-state index contributed by atoms with van der Waals surface area (Å²) >= 11 is 0. The van der Waals surface area contributed by atoms with Crippen molar-refractivity contribution in [2.45, 2.75) is 20.4 Å². The molecule has 1 amide bonds. The lowest BCUT2D eigenvalue weighted by atomic mass is 10.0. The third-order valence-corrected chi connectivity index (χ3v) is 5.33. The number of rotatable bonds is 6. The molecular weight excluding hydrogens is 388 g/mol. The minimum Gasteiger partial charge on any atom is -0.497 e. The van der Waals surface area contributed by atoms with Gasteiger partial charge in [0, 0.05) is 17.3 Å². The molecule has 4 rings (SSSR count). The molecule has 0 spiro atoms. The molecule has 156 valence electrons. The molecule has 0 aliphatic rings. The van der Waals surface area contributed by atoms with Gasteiger partial charge >= 0.3 is 0 Å². The first-order valence-electron chi connectivity index (χ1n) is 10.1. The molecular formula is C26H24N2O3. The van der Waals surface area contributed by atoms with Gasteiger partial charge in [0.25, 0.3) is 5.91 Å². The number of carbonyl (C=O) groups excluding carboxylic acids is 1. The summed E-state index contributed by atoms with van der Waals surface area (Å²) in [6, 6.07) is 25.0. The molecule has 0 N–H and O–H groups in total. The first-order valence-corrected chi connectivity index (χ1v) is 10.1. The van der Waals surface area contributed by atoms with Gasteiger partial charge in [0.1, 0.15) is 5.75 Å². The number of benzene rings is 3. The van der Waals surface area contributed by atoms with E-state index in [1.807, 2.05) is 79.7 Å². The van der Waals surface area contributed by atoms with E-state index >= 15 is 0 Å². The summed E-state index contributed by atoms with van der Waals surface area (Å²) in [7, 11) is 1.62. The Balaban J connectivity index is 1.66. The van der Waals surface area contributed by atoms with Crippen LogP contribution in [-0.4, -0.2) is 18.2 Å². The summed E-state index contributed by atoms with van der Waals surface area (Å²) in [6.45, 7) is 4.52. The monoisotopic (exact) mass is 412 g/mol. The molecule has 0 unspecified atom stereocenters. The smallest absolute Gasteiger partial charge is 0.280 e. The van der Waals surface area contributed by atoms with Crippen LogP contribution in [0, 0.1) is 13.8 Å². The van der Waals surface area contributed by atoms with E-state index in [0.717, 1.165) is 28.1 Å². The molecule has 0 fully saturated rings. The average Bonchev–Trinajstić information content (AvgIpc) is 3.30. The van der Waals surface area contributed by atoms with Crippen LogP contribution in [0.25, 0.3) is 11.3 Å². The Morgan fingerprint density at radius 2 is 1.68 bits per heavy atom. The van der Waals surface area contributed by atoms with Crippen LogP contribution < -0.4 is 9.64 Å². The van der Waals surface area contributed by atoms with Crippen molar-refractivity contribution in [1.82, 2.24) is 5.16 Å². The SMILES string of the molecule is COc1ccc(N(Cc2ccccc2)C(=O)c2cc(-c3ccc(C)c(C)c3)on2)cc1. The highest BCUT2D eigenvalue weighted by molar-refractivity contribution is 6.05. The van der Waals surface area contributed by atoms with Crippen molar-refractivity contribution in [3.8, 4) is 17.1 Å². The predicted octanol–water partition coefficient (Wildman–Crippen LogP) is 5.81. The molecule has 5 nitrogen and oxygen atoms in total. The highest BCUT2D eigenvalue weighted by Gasteiger charge is 2.22. The fourth-order valence-corrected chi connectivity index (χ4v) is 3.35. The van der Waals surface area contributed by atoms with E-state index in [0.29, 0.717) is 12.3 Å². The zero-order chi connectivity index (χ0) is 21.8. The van der Waals surface area contributed by atoms with E-state index in [4.69, 9.17) is 9.26 Å². The molecule has 0 saturated heterocycles. The third kappa shape index (κ3) is 4.51. The number of aromatic nitrogens is 1. The van der Waals surface area contributed by atoms with Gasteiger partial charge in [-0.1, -0.05) is 47.6 Å². The first-order chi connectivity index (χ1) is 15.0. The Hall–Kier alpha value is -3.86. The fourth-order valence-electron chi connectivity index (χ4n) is 3.35. The molecule has 0 radical (unpaired) electrons. The Bertz CT molecular complexity index is 1180. The number of nitrogens with zero attached hydrogens (tertiary/aromatic N) is 2. The summed E-state index contributed by atoms with van der Waals surface area (Å²) < 4.78 is 10.8. The molecule has 1 aromatic heterocycles. The second-order valence-corrected chi connectivity index (χ2v) is 7.45. The van der Waals surface area contributed by atoms with Crippen molar-refractivity contribution < 1.29 is 14.1 Å². The number of hydrogen-bond donors (Lipinski definition) is 0. The Morgan fingerprint density at radius 3 is 2.35 bits per heavy atom. The second-order valence-electron chi connectivity index (χ2n) is 7.45. The number of amides is 1. The van der Waals surface area contributed by atoms with Gasteiger partial charge in [-0.2, -0.15) is 0 Å². The molecule has 4 aromatic rings. The summed E-state index contributed by atoms with van der Waals surface area (Å²) in [5.74, 6) is 1.07. The summed E-state index contributed by atoms with van der Waals surface area (Å²) in [6.07, 6.45) is 0. The first kappa shape index (κ1) is 20.4. The quantitative estimate of drug-likeness (QED) is 0.401. The molecule has 31 heavy (non-hydrogen) atoms. The summed E-state index contributed by atoms with van der Waals surface area (Å²) in [5, 5.41) is 4.08. The van der Waals surface area contributed by atoms with Crippen molar-refractivity contribution >= 4 is 11.6 Å². The molecule has 0 aliphatic heterocycles. The maximum atomic E-state index is 13.4. The number of carbonyl (C=O) groups is 1. The van der Waals surface area contributed by atoms with Crippen molar-refractivity contribution in [3.63, 3.8) is 0 Å². The van der Waals surface area contributed by atoms with Crippen LogP contribution in [0.1, 0.15) is 27.2 Å². The number of aryl methyl sites for hydroxylation is 2. The minimum absolute atomic E-state index is 0.229. The summed E-state index contributed by atoms with van der Waals surface area (Å²) in [4.78, 5) is 15.1. The normalized spacial score (nSPS) is 10.7. The Morgan fingerprint density at radius 1 is 0.935 bits per heavy atom. The lowest BCUT2D eigenvalue weighted by Gasteiger charge is -2.22. The number of anilines is 1. The van der Waals surface area contributed by atoms with E-state index < -0.39 is 0 Å². The molecule has 5 heteroatoms. The van der Waals surface area contributed by atoms with Gasteiger partial charge in [-0.25, -0.2) is 0 Å². The van der Waals surface area contributed by atoms with Gasteiger partial charge in [0.15, 0.2) is 11.5 Å². The average molecular weight is 412 g/mol. The number of hydrogen-bond acceptors (Lipinski definition) is 4. The molecule has 0 aliphatic carbocycles. The van der Waals surface area contributed by atoms with Gasteiger partial charge in [0.05, 0.1) is 13.7 Å². The van der Waals surface area contributed by atoms with Crippen LogP contribution in [-0.2, 0) is 6.54 Å². The van der Waals surface area contributed by atoms with Crippen LogP contribution in [0.5, 0.6) is 5.75 Å². The molecule has 1 heterocycles. The fraction of sp³-hybridized carbons (Fsp3) is 0.154. The highest BCUT2D eigenvalue weighted by Crippen LogP contribution is 2.26. The van der Waals surface area contributed by atoms with Gasteiger partial charge in [-0.05, 0) is 60.9 Å². The second kappa shape index (κ2) is 8.88. The molecule has 0 atom stereocenters. The van der Waals surface area contributed by atoms with Crippen molar-refractivity contribution in [1.29, 1.82) is 0 Å². The van der Waals surface area contributed by atoms with Gasteiger partial charge < -0.3 is 14.2 Å². The van der Waals surface area contributed by atoms with E-state index in [2.05, 4.69) is 12.1 Å². The minimum atomic E-state index is -0.229.